The zero-order chi connectivity index (χ0) is 17.6. The minimum absolute atomic E-state index is 0.175. The largest absolute Gasteiger partial charge is 0.355 e. The van der Waals surface area contributed by atoms with Crippen LogP contribution in [0.1, 0.15) is 16.1 Å². The highest BCUT2D eigenvalue weighted by atomic mass is 19.1. The number of hydrogen-bond donors (Lipinski definition) is 2. The molecule has 3 aromatic rings. The van der Waals surface area contributed by atoms with Gasteiger partial charge in [0.25, 0.3) is 5.91 Å². The lowest BCUT2D eigenvalue weighted by atomic mass is 10.2. The number of carbonyl (C=O) groups is 1. The van der Waals surface area contributed by atoms with Gasteiger partial charge in [-0.15, -0.1) is 0 Å². The van der Waals surface area contributed by atoms with Gasteiger partial charge in [0.2, 0.25) is 0 Å². The quantitative estimate of drug-likeness (QED) is 0.754. The Balaban J connectivity index is 1.79. The Morgan fingerprint density at radius 2 is 1.84 bits per heavy atom. The van der Waals surface area contributed by atoms with Crippen LogP contribution >= 0.6 is 0 Å². The number of para-hydroxylation sites is 1. The van der Waals surface area contributed by atoms with Crippen molar-refractivity contribution in [3.05, 3.63) is 83.9 Å². The van der Waals surface area contributed by atoms with Gasteiger partial charge in [0.05, 0.1) is 11.3 Å². The van der Waals surface area contributed by atoms with Crippen molar-refractivity contribution in [2.24, 2.45) is 0 Å². The van der Waals surface area contributed by atoms with Crippen molar-refractivity contribution in [3.63, 3.8) is 0 Å². The lowest BCUT2D eigenvalue weighted by Gasteiger charge is -2.09. The molecule has 0 bridgehead atoms. The highest BCUT2D eigenvalue weighted by Crippen LogP contribution is 2.19. The van der Waals surface area contributed by atoms with Crippen molar-refractivity contribution >= 4 is 23.0 Å². The molecule has 1 aromatic heterocycles. The molecule has 0 atom stereocenters. The predicted molar refractivity (Wildman–Crippen MR) is 93.0 cm³/mol. The van der Waals surface area contributed by atoms with Crippen LogP contribution in [0.3, 0.4) is 0 Å². The van der Waals surface area contributed by atoms with E-state index >= 15 is 0 Å². The van der Waals surface area contributed by atoms with Crippen LogP contribution in [0.5, 0.6) is 0 Å². The van der Waals surface area contributed by atoms with Gasteiger partial charge in [0, 0.05) is 17.6 Å². The molecule has 0 aliphatic heterocycles. The Labute approximate surface area is 143 Å². The summed E-state index contributed by atoms with van der Waals surface area (Å²) in [6.07, 6.45) is 1.48. The Morgan fingerprint density at radius 3 is 2.64 bits per heavy atom. The number of carbonyl (C=O) groups excluding carboxylic acids is 1. The fourth-order valence-electron chi connectivity index (χ4n) is 2.24. The third kappa shape index (κ3) is 3.98. The second-order valence-corrected chi connectivity index (χ2v) is 5.18. The SMILES string of the molecule is N#Cc1ccccc1NC(=O)c1cc(Nc2cccc(F)c2)ccn1. The lowest BCUT2D eigenvalue weighted by molar-refractivity contribution is 0.102. The summed E-state index contributed by atoms with van der Waals surface area (Å²) in [6.45, 7) is 0. The number of rotatable bonds is 4. The normalized spacial score (nSPS) is 9.92. The van der Waals surface area contributed by atoms with Gasteiger partial charge in [-0.2, -0.15) is 5.26 Å². The van der Waals surface area contributed by atoms with Crippen molar-refractivity contribution in [2.75, 3.05) is 10.6 Å². The van der Waals surface area contributed by atoms with E-state index in [0.717, 1.165) is 0 Å². The van der Waals surface area contributed by atoms with Crippen LogP contribution in [0.15, 0.2) is 66.9 Å². The molecule has 122 valence electrons. The maximum atomic E-state index is 13.2. The van der Waals surface area contributed by atoms with Gasteiger partial charge in [-0.05, 0) is 42.5 Å². The smallest absolute Gasteiger partial charge is 0.274 e. The summed E-state index contributed by atoms with van der Waals surface area (Å²) < 4.78 is 13.2. The first kappa shape index (κ1) is 16.1. The van der Waals surface area contributed by atoms with E-state index in [1.807, 2.05) is 6.07 Å². The zero-order valence-electron chi connectivity index (χ0n) is 13.0. The van der Waals surface area contributed by atoms with Crippen LogP contribution < -0.4 is 10.6 Å². The molecule has 6 heteroatoms. The topological polar surface area (TPSA) is 77.8 Å². The molecule has 0 unspecified atom stereocenters. The first-order chi connectivity index (χ1) is 12.2. The molecule has 0 spiro atoms. The van der Waals surface area contributed by atoms with Crippen molar-refractivity contribution in [1.82, 2.24) is 4.98 Å². The molecule has 0 radical (unpaired) electrons. The summed E-state index contributed by atoms with van der Waals surface area (Å²) in [5, 5.41) is 14.8. The molecular formula is C19H13FN4O. The van der Waals surface area contributed by atoms with Gasteiger partial charge in [-0.3, -0.25) is 9.78 Å². The van der Waals surface area contributed by atoms with E-state index in [2.05, 4.69) is 15.6 Å². The Kier molecular flexibility index (Phi) is 4.67. The maximum absolute atomic E-state index is 13.2. The zero-order valence-corrected chi connectivity index (χ0v) is 13.0. The van der Waals surface area contributed by atoms with Crippen LogP contribution in [0.4, 0.5) is 21.5 Å². The Hall–Kier alpha value is -3.72. The second kappa shape index (κ2) is 7.23. The fourth-order valence-corrected chi connectivity index (χ4v) is 2.24. The molecule has 25 heavy (non-hydrogen) atoms. The van der Waals surface area contributed by atoms with Crippen LogP contribution in [0, 0.1) is 17.1 Å². The summed E-state index contributed by atoms with van der Waals surface area (Å²) in [5.74, 6) is -0.796. The summed E-state index contributed by atoms with van der Waals surface area (Å²) >= 11 is 0. The van der Waals surface area contributed by atoms with E-state index in [1.165, 1.54) is 18.3 Å². The molecule has 2 aromatic carbocycles. The van der Waals surface area contributed by atoms with Gasteiger partial charge in [-0.25, -0.2) is 4.39 Å². The molecule has 0 saturated carbocycles. The fraction of sp³-hybridized carbons (Fsp3) is 0. The molecular weight excluding hydrogens is 319 g/mol. The van der Waals surface area contributed by atoms with Crippen molar-refractivity contribution in [2.45, 2.75) is 0 Å². The third-order valence-electron chi connectivity index (χ3n) is 3.40. The molecule has 1 amide bonds. The molecule has 5 nitrogen and oxygen atoms in total. The van der Waals surface area contributed by atoms with Gasteiger partial charge >= 0.3 is 0 Å². The van der Waals surface area contributed by atoms with Gasteiger partial charge < -0.3 is 10.6 Å². The predicted octanol–water partition coefficient (Wildman–Crippen LogP) is 4.09. The van der Waals surface area contributed by atoms with E-state index in [1.54, 1.807) is 48.5 Å². The highest BCUT2D eigenvalue weighted by Gasteiger charge is 2.11. The van der Waals surface area contributed by atoms with Gasteiger partial charge in [0.1, 0.15) is 17.6 Å². The summed E-state index contributed by atoms with van der Waals surface area (Å²) in [5.41, 5.74) is 2.12. The minimum atomic E-state index is -0.439. The number of halogens is 1. The van der Waals surface area contributed by atoms with Crippen molar-refractivity contribution < 1.29 is 9.18 Å². The van der Waals surface area contributed by atoms with E-state index in [-0.39, 0.29) is 11.5 Å². The molecule has 2 N–H and O–H groups in total. The van der Waals surface area contributed by atoms with Crippen LogP contribution in [0.25, 0.3) is 0 Å². The number of pyridine rings is 1. The summed E-state index contributed by atoms with van der Waals surface area (Å²) in [6, 6.07) is 18.0. The third-order valence-corrected chi connectivity index (χ3v) is 3.40. The maximum Gasteiger partial charge on any atom is 0.274 e. The standard InChI is InChI=1S/C19H13FN4O/c20-14-5-3-6-15(10-14)23-16-8-9-22-18(11-16)19(25)24-17-7-2-1-4-13(17)12-21/h1-11H,(H,22,23)(H,24,25). The average Bonchev–Trinajstić information content (AvgIpc) is 2.62. The number of aromatic nitrogens is 1. The number of amides is 1. The van der Waals surface area contributed by atoms with E-state index in [0.29, 0.717) is 22.6 Å². The van der Waals surface area contributed by atoms with Gasteiger partial charge in [0.15, 0.2) is 0 Å². The Morgan fingerprint density at radius 1 is 1.04 bits per heavy atom. The molecule has 3 rings (SSSR count). The number of nitrogens with one attached hydrogen (secondary N) is 2. The summed E-state index contributed by atoms with van der Waals surface area (Å²) in [7, 11) is 0. The lowest BCUT2D eigenvalue weighted by Crippen LogP contribution is -2.14. The van der Waals surface area contributed by atoms with Gasteiger partial charge in [-0.1, -0.05) is 18.2 Å². The van der Waals surface area contributed by atoms with Crippen LogP contribution in [-0.4, -0.2) is 10.9 Å². The monoisotopic (exact) mass is 332 g/mol. The highest BCUT2D eigenvalue weighted by molar-refractivity contribution is 6.04. The first-order valence-corrected chi connectivity index (χ1v) is 7.45. The van der Waals surface area contributed by atoms with E-state index in [4.69, 9.17) is 5.26 Å². The minimum Gasteiger partial charge on any atom is -0.355 e. The van der Waals surface area contributed by atoms with Crippen LogP contribution in [-0.2, 0) is 0 Å². The average molecular weight is 332 g/mol. The number of anilines is 3. The van der Waals surface area contributed by atoms with Crippen molar-refractivity contribution in [1.29, 1.82) is 5.26 Å². The summed E-state index contributed by atoms with van der Waals surface area (Å²) in [4.78, 5) is 16.4. The molecule has 0 aliphatic carbocycles. The Bertz CT molecular complexity index is 965. The molecule has 0 saturated heterocycles. The number of nitrogens with zero attached hydrogens (tertiary/aromatic N) is 2. The molecule has 1 heterocycles. The van der Waals surface area contributed by atoms with Crippen molar-refractivity contribution in [3.8, 4) is 6.07 Å². The first-order valence-electron chi connectivity index (χ1n) is 7.45. The second-order valence-electron chi connectivity index (χ2n) is 5.18. The molecule has 0 fully saturated rings. The van der Waals surface area contributed by atoms with E-state index < -0.39 is 5.91 Å². The number of benzene rings is 2. The molecule has 0 aliphatic rings. The van der Waals surface area contributed by atoms with E-state index in [9.17, 15) is 9.18 Å². The number of hydrogen-bond acceptors (Lipinski definition) is 4. The number of nitriles is 1. The van der Waals surface area contributed by atoms with Crippen LogP contribution in [0.2, 0.25) is 0 Å².